The Balaban J connectivity index is 1.91. The van der Waals surface area contributed by atoms with Crippen LogP contribution in [-0.2, 0) is 0 Å². The van der Waals surface area contributed by atoms with Crippen LogP contribution in [0, 0.1) is 5.82 Å². The van der Waals surface area contributed by atoms with Gasteiger partial charge in [-0.25, -0.2) is 4.39 Å². The highest BCUT2D eigenvalue weighted by Crippen LogP contribution is 2.17. The Morgan fingerprint density at radius 1 is 1.14 bits per heavy atom. The van der Waals surface area contributed by atoms with Gasteiger partial charge in [0.25, 0.3) is 5.91 Å². The van der Waals surface area contributed by atoms with Gasteiger partial charge >= 0.3 is 0 Å². The minimum Gasteiger partial charge on any atom is -0.388 e. The number of carbonyl (C=O) groups is 1. The van der Waals surface area contributed by atoms with Gasteiger partial charge in [0.05, 0.1) is 6.10 Å². The van der Waals surface area contributed by atoms with E-state index in [1.165, 1.54) is 24.3 Å². The summed E-state index contributed by atoms with van der Waals surface area (Å²) in [5.74, 6) is -0.651. The van der Waals surface area contributed by atoms with Crippen molar-refractivity contribution in [3.05, 3.63) is 71.5 Å². The fraction of sp³-hybridized carbons (Fsp3) is 0.235. The summed E-state index contributed by atoms with van der Waals surface area (Å²) in [4.78, 5) is 12.0. The Bertz CT molecular complexity index is 583. The summed E-state index contributed by atoms with van der Waals surface area (Å²) in [7, 11) is 0. The van der Waals surface area contributed by atoms with Crippen molar-refractivity contribution in [1.82, 2.24) is 5.32 Å². The zero-order chi connectivity index (χ0) is 15.2. The highest BCUT2D eigenvalue weighted by molar-refractivity contribution is 5.94. The van der Waals surface area contributed by atoms with Crippen LogP contribution in [0.15, 0.2) is 54.6 Å². The summed E-state index contributed by atoms with van der Waals surface area (Å²) >= 11 is 0. The molecule has 0 spiro atoms. The highest BCUT2D eigenvalue weighted by atomic mass is 19.1. The van der Waals surface area contributed by atoms with E-state index in [2.05, 4.69) is 5.32 Å². The maximum absolute atomic E-state index is 12.8. The summed E-state index contributed by atoms with van der Waals surface area (Å²) in [6, 6.07) is 14.5. The van der Waals surface area contributed by atoms with Gasteiger partial charge in [0.2, 0.25) is 0 Å². The molecule has 2 atom stereocenters. The van der Waals surface area contributed by atoms with Crippen LogP contribution in [0.2, 0.25) is 0 Å². The molecule has 0 aliphatic carbocycles. The van der Waals surface area contributed by atoms with Crippen molar-refractivity contribution in [1.29, 1.82) is 0 Å². The second-order valence-corrected chi connectivity index (χ2v) is 5.04. The Morgan fingerprint density at radius 2 is 1.76 bits per heavy atom. The minimum absolute atomic E-state index is 0.197. The number of amides is 1. The van der Waals surface area contributed by atoms with E-state index in [-0.39, 0.29) is 17.8 Å². The monoisotopic (exact) mass is 287 g/mol. The molecule has 0 bridgehead atoms. The van der Waals surface area contributed by atoms with Crippen LogP contribution in [0.4, 0.5) is 4.39 Å². The summed E-state index contributed by atoms with van der Waals surface area (Å²) in [5.41, 5.74) is 1.22. The number of carbonyl (C=O) groups excluding carboxylic acids is 1. The lowest BCUT2D eigenvalue weighted by Crippen LogP contribution is -2.33. The van der Waals surface area contributed by atoms with Crippen molar-refractivity contribution in [3.8, 4) is 0 Å². The average molecular weight is 287 g/mol. The standard InChI is InChI=1S/C17H18FNO2/c1-12(11-16(20)13-5-3-2-4-6-13)19-17(21)14-7-9-15(18)10-8-14/h2-10,12,16,20H,11H2,1H3,(H,19,21)/t12-,16-/m0/s1. The van der Waals surface area contributed by atoms with Gasteiger partial charge in [0.15, 0.2) is 0 Å². The first-order chi connectivity index (χ1) is 10.1. The van der Waals surface area contributed by atoms with Gasteiger partial charge in [0.1, 0.15) is 5.82 Å². The number of rotatable bonds is 5. The molecule has 0 aliphatic heterocycles. The fourth-order valence-corrected chi connectivity index (χ4v) is 2.11. The van der Waals surface area contributed by atoms with E-state index >= 15 is 0 Å². The van der Waals surface area contributed by atoms with Gasteiger partial charge in [-0.2, -0.15) is 0 Å². The van der Waals surface area contributed by atoms with Gasteiger partial charge in [-0.05, 0) is 43.2 Å². The molecule has 0 saturated carbocycles. The van der Waals surface area contributed by atoms with E-state index in [0.29, 0.717) is 12.0 Å². The molecule has 0 fully saturated rings. The van der Waals surface area contributed by atoms with Crippen LogP contribution in [0.5, 0.6) is 0 Å². The summed E-state index contributed by atoms with van der Waals surface area (Å²) < 4.78 is 12.8. The second-order valence-electron chi connectivity index (χ2n) is 5.04. The van der Waals surface area contributed by atoms with Crippen LogP contribution >= 0.6 is 0 Å². The van der Waals surface area contributed by atoms with Crippen LogP contribution < -0.4 is 5.32 Å². The number of aliphatic hydroxyl groups excluding tert-OH is 1. The third-order valence-corrected chi connectivity index (χ3v) is 3.25. The topological polar surface area (TPSA) is 49.3 Å². The van der Waals surface area contributed by atoms with Crippen molar-refractivity contribution >= 4 is 5.91 Å². The number of aliphatic hydroxyl groups is 1. The van der Waals surface area contributed by atoms with E-state index in [4.69, 9.17) is 0 Å². The van der Waals surface area contributed by atoms with Crippen LogP contribution in [0.3, 0.4) is 0 Å². The second kappa shape index (κ2) is 6.99. The third-order valence-electron chi connectivity index (χ3n) is 3.25. The van der Waals surface area contributed by atoms with Gasteiger partial charge in [0, 0.05) is 11.6 Å². The molecule has 1 amide bonds. The molecular weight excluding hydrogens is 269 g/mol. The molecule has 2 rings (SSSR count). The molecule has 0 heterocycles. The highest BCUT2D eigenvalue weighted by Gasteiger charge is 2.15. The average Bonchev–Trinajstić information content (AvgIpc) is 2.48. The Kier molecular flexibility index (Phi) is 5.06. The molecule has 21 heavy (non-hydrogen) atoms. The van der Waals surface area contributed by atoms with Gasteiger partial charge in [-0.15, -0.1) is 0 Å². The molecule has 4 heteroatoms. The van der Waals surface area contributed by atoms with E-state index < -0.39 is 6.10 Å². The third kappa shape index (κ3) is 4.39. The molecule has 2 aromatic carbocycles. The SMILES string of the molecule is C[C@@H](C[C@H](O)c1ccccc1)NC(=O)c1ccc(F)cc1. The molecule has 0 aliphatic rings. The summed E-state index contributed by atoms with van der Waals surface area (Å²) in [6.45, 7) is 1.83. The maximum Gasteiger partial charge on any atom is 0.251 e. The minimum atomic E-state index is -0.630. The lowest BCUT2D eigenvalue weighted by Gasteiger charge is -2.18. The lowest BCUT2D eigenvalue weighted by molar-refractivity contribution is 0.0917. The zero-order valence-electron chi connectivity index (χ0n) is 11.8. The number of hydrogen-bond acceptors (Lipinski definition) is 2. The van der Waals surface area contributed by atoms with Crippen molar-refractivity contribution in [2.24, 2.45) is 0 Å². The quantitative estimate of drug-likeness (QED) is 0.888. The fourth-order valence-electron chi connectivity index (χ4n) is 2.11. The van der Waals surface area contributed by atoms with Gasteiger partial charge in [-0.1, -0.05) is 30.3 Å². The summed E-state index contributed by atoms with van der Waals surface area (Å²) in [5, 5.41) is 12.9. The number of nitrogens with one attached hydrogen (secondary N) is 1. The predicted molar refractivity (Wildman–Crippen MR) is 79.3 cm³/mol. The molecule has 0 unspecified atom stereocenters. The maximum atomic E-state index is 12.8. The molecule has 3 nitrogen and oxygen atoms in total. The van der Waals surface area contributed by atoms with E-state index in [9.17, 15) is 14.3 Å². The van der Waals surface area contributed by atoms with Crippen molar-refractivity contribution in [2.45, 2.75) is 25.5 Å². The largest absolute Gasteiger partial charge is 0.388 e. The number of benzene rings is 2. The number of hydrogen-bond donors (Lipinski definition) is 2. The molecule has 0 radical (unpaired) electrons. The van der Waals surface area contributed by atoms with Crippen molar-refractivity contribution in [3.63, 3.8) is 0 Å². The first kappa shape index (κ1) is 15.2. The molecule has 0 saturated heterocycles. The molecule has 2 N–H and O–H groups in total. The normalized spacial score (nSPS) is 13.5. The van der Waals surface area contributed by atoms with Crippen molar-refractivity contribution < 1.29 is 14.3 Å². The number of halogens is 1. The van der Waals surface area contributed by atoms with Gasteiger partial charge in [-0.3, -0.25) is 4.79 Å². The van der Waals surface area contributed by atoms with Crippen LogP contribution in [-0.4, -0.2) is 17.1 Å². The van der Waals surface area contributed by atoms with Crippen molar-refractivity contribution in [2.75, 3.05) is 0 Å². The Hall–Kier alpha value is -2.20. The first-order valence-electron chi connectivity index (χ1n) is 6.85. The Morgan fingerprint density at radius 3 is 2.38 bits per heavy atom. The predicted octanol–water partition coefficient (Wildman–Crippen LogP) is 3.07. The zero-order valence-corrected chi connectivity index (χ0v) is 11.8. The molecule has 0 aromatic heterocycles. The summed E-state index contributed by atoms with van der Waals surface area (Å²) in [6.07, 6.45) is -0.216. The van der Waals surface area contributed by atoms with E-state index in [0.717, 1.165) is 5.56 Å². The smallest absolute Gasteiger partial charge is 0.251 e. The Labute approximate surface area is 123 Å². The van der Waals surface area contributed by atoms with Crippen LogP contribution in [0.1, 0.15) is 35.4 Å². The van der Waals surface area contributed by atoms with Gasteiger partial charge < -0.3 is 10.4 Å². The molecule has 110 valence electrons. The first-order valence-corrected chi connectivity index (χ1v) is 6.85. The molecular formula is C17H18FNO2. The van der Waals surface area contributed by atoms with Crippen LogP contribution in [0.25, 0.3) is 0 Å². The van der Waals surface area contributed by atoms with E-state index in [1.807, 2.05) is 37.3 Å². The molecule has 2 aromatic rings. The van der Waals surface area contributed by atoms with E-state index in [1.54, 1.807) is 0 Å². The lowest BCUT2D eigenvalue weighted by atomic mass is 10.0.